The molecule has 2 aliphatic rings. The molecule has 4 heterocycles. The van der Waals surface area contributed by atoms with Crippen molar-refractivity contribution >= 4 is 28.7 Å². The summed E-state index contributed by atoms with van der Waals surface area (Å²) in [6, 6.07) is 4.39. The minimum Gasteiger partial charge on any atom is -0.382 e. The molecule has 4 N–H and O–H groups in total. The molecule has 41 heavy (non-hydrogen) atoms. The number of nitrogen functional groups attached to an aromatic ring is 1. The number of nitrogens with two attached hydrogens (primary N) is 1. The molecule has 12 nitrogen and oxygen atoms in total. The Balaban J connectivity index is 1.13. The molecule has 2 aliphatic heterocycles. The van der Waals surface area contributed by atoms with Gasteiger partial charge in [0.2, 0.25) is 0 Å². The molecule has 2 aromatic heterocycles. The Labute approximate surface area is 238 Å². The van der Waals surface area contributed by atoms with Crippen LogP contribution in [0.5, 0.6) is 0 Å². The van der Waals surface area contributed by atoms with Crippen LogP contribution in [0.25, 0.3) is 11.2 Å². The van der Waals surface area contributed by atoms with Gasteiger partial charge in [-0.05, 0) is 57.0 Å². The second-order valence-electron chi connectivity index (χ2n) is 12.2. The number of ether oxygens (including phenoxy) is 3. The van der Waals surface area contributed by atoms with Crippen LogP contribution in [0.15, 0.2) is 30.9 Å². The predicted octanol–water partition coefficient (Wildman–Crippen LogP) is 3.41. The Kier molecular flexibility index (Phi) is 7.90. The van der Waals surface area contributed by atoms with Crippen LogP contribution in [0.1, 0.15) is 52.8 Å². The molecular formula is C28H39FN8O4. The number of aromatic nitrogens is 4. The van der Waals surface area contributed by atoms with E-state index in [1.54, 1.807) is 18.5 Å². The van der Waals surface area contributed by atoms with Crippen molar-refractivity contribution in [1.29, 1.82) is 0 Å². The summed E-state index contributed by atoms with van der Waals surface area (Å²) in [5, 5.41) is 5.53. The van der Waals surface area contributed by atoms with Gasteiger partial charge in [0.25, 0.3) is 0 Å². The molecule has 2 amide bonds. The number of anilines is 2. The van der Waals surface area contributed by atoms with Crippen molar-refractivity contribution in [1.82, 2.24) is 29.7 Å². The lowest BCUT2D eigenvalue weighted by atomic mass is 9.86. The van der Waals surface area contributed by atoms with Crippen molar-refractivity contribution in [3.05, 3.63) is 42.2 Å². The average Bonchev–Trinajstić information content (AvgIpc) is 3.53. The lowest BCUT2D eigenvalue weighted by Gasteiger charge is -2.27. The summed E-state index contributed by atoms with van der Waals surface area (Å²) in [5.41, 5.74) is 7.76. The molecule has 3 aromatic rings. The van der Waals surface area contributed by atoms with Crippen LogP contribution >= 0.6 is 0 Å². The number of amides is 2. The van der Waals surface area contributed by atoms with Gasteiger partial charge in [-0.1, -0.05) is 26.8 Å². The normalized spacial score (nSPS) is 23.7. The van der Waals surface area contributed by atoms with Crippen molar-refractivity contribution < 1.29 is 23.4 Å². The largest absolute Gasteiger partial charge is 0.382 e. The summed E-state index contributed by atoms with van der Waals surface area (Å²) in [6.07, 6.45) is 2.34. The van der Waals surface area contributed by atoms with Gasteiger partial charge in [-0.25, -0.2) is 24.1 Å². The standard InChI is InChI=1S/C28H39FN8O4/c1-27(2,3)17-9-8-16(12-18(17)29)35-26(38)31-10-7-11-36(6)13-19-21-22(41-28(4,5)40-21)25(39-19)37-15-34-20-23(30)32-14-33-24(20)37/h8-9,12,14-15,19,21-22,25H,7,10-11,13H2,1-6H3,(H2,30,32,33)(H2,31,35,38). The Morgan fingerprint density at radius 1 is 1.20 bits per heavy atom. The number of hydrogen-bond acceptors (Lipinski definition) is 9. The van der Waals surface area contributed by atoms with Crippen molar-refractivity contribution in [3.63, 3.8) is 0 Å². The summed E-state index contributed by atoms with van der Waals surface area (Å²) < 4.78 is 35.2. The molecule has 0 bridgehead atoms. The number of carbonyl (C=O) groups is 1. The summed E-state index contributed by atoms with van der Waals surface area (Å²) in [6.45, 7) is 11.4. The Morgan fingerprint density at radius 3 is 2.68 bits per heavy atom. The highest BCUT2D eigenvalue weighted by Crippen LogP contribution is 2.44. The number of likely N-dealkylation sites (N-methyl/N-ethyl adjacent to an activating group) is 1. The zero-order chi connectivity index (χ0) is 29.5. The van der Waals surface area contributed by atoms with Crippen LogP contribution in [0, 0.1) is 5.82 Å². The predicted molar refractivity (Wildman–Crippen MR) is 152 cm³/mol. The van der Waals surface area contributed by atoms with E-state index >= 15 is 0 Å². The van der Waals surface area contributed by atoms with E-state index in [4.69, 9.17) is 19.9 Å². The van der Waals surface area contributed by atoms with Crippen molar-refractivity contribution in [2.75, 3.05) is 37.7 Å². The summed E-state index contributed by atoms with van der Waals surface area (Å²) >= 11 is 0. The number of hydrogen-bond donors (Lipinski definition) is 3. The first kappa shape index (κ1) is 29.1. The van der Waals surface area contributed by atoms with E-state index in [0.29, 0.717) is 54.3 Å². The number of rotatable bonds is 8. The SMILES string of the molecule is CN(CCCNC(=O)Nc1ccc(C(C)(C)C)c(F)c1)CC1OC(n2cnc3c(N)ncnc32)C2OC(C)(C)OC12. The van der Waals surface area contributed by atoms with Crippen LogP contribution < -0.4 is 16.4 Å². The maximum Gasteiger partial charge on any atom is 0.319 e. The molecular weight excluding hydrogens is 531 g/mol. The third-order valence-electron chi connectivity index (χ3n) is 7.32. The zero-order valence-corrected chi connectivity index (χ0v) is 24.3. The molecule has 0 radical (unpaired) electrons. The van der Waals surface area contributed by atoms with Crippen LogP contribution in [0.2, 0.25) is 0 Å². The second-order valence-corrected chi connectivity index (χ2v) is 12.2. The van der Waals surface area contributed by atoms with E-state index < -0.39 is 12.0 Å². The van der Waals surface area contributed by atoms with E-state index in [2.05, 4.69) is 30.5 Å². The second kappa shape index (κ2) is 11.1. The number of benzene rings is 1. The van der Waals surface area contributed by atoms with Crippen LogP contribution in [-0.4, -0.2) is 81.2 Å². The molecule has 5 rings (SSSR count). The first-order valence-electron chi connectivity index (χ1n) is 13.8. The molecule has 222 valence electrons. The number of urea groups is 1. The van der Waals surface area contributed by atoms with Crippen molar-refractivity contribution in [3.8, 4) is 0 Å². The fourth-order valence-electron chi connectivity index (χ4n) is 5.41. The molecule has 4 atom stereocenters. The van der Waals surface area contributed by atoms with Crippen LogP contribution in [0.4, 0.5) is 20.7 Å². The topological polar surface area (TPSA) is 142 Å². The number of nitrogens with zero attached hydrogens (tertiary/aromatic N) is 5. The average molecular weight is 571 g/mol. The first-order chi connectivity index (χ1) is 19.3. The quantitative estimate of drug-likeness (QED) is 0.347. The number of nitrogens with one attached hydrogen (secondary N) is 2. The van der Waals surface area contributed by atoms with Gasteiger partial charge in [-0.3, -0.25) is 4.57 Å². The minimum absolute atomic E-state index is 0.268. The summed E-state index contributed by atoms with van der Waals surface area (Å²) in [5.74, 6) is -0.795. The van der Waals surface area contributed by atoms with Gasteiger partial charge in [-0.15, -0.1) is 0 Å². The lowest BCUT2D eigenvalue weighted by Crippen LogP contribution is -2.39. The maximum atomic E-state index is 14.5. The van der Waals surface area contributed by atoms with Crippen molar-refractivity contribution in [2.24, 2.45) is 0 Å². The zero-order valence-electron chi connectivity index (χ0n) is 24.3. The molecule has 13 heteroatoms. The fraction of sp³-hybridized carbons (Fsp3) is 0.571. The molecule has 0 aliphatic carbocycles. The van der Waals surface area contributed by atoms with Crippen LogP contribution in [-0.2, 0) is 19.6 Å². The number of imidazole rings is 1. The van der Waals surface area contributed by atoms with Crippen molar-refractivity contribution in [2.45, 2.75) is 76.8 Å². The molecule has 2 fully saturated rings. The third-order valence-corrected chi connectivity index (χ3v) is 7.32. The van der Waals surface area contributed by atoms with E-state index in [9.17, 15) is 9.18 Å². The van der Waals surface area contributed by atoms with E-state index in [1.165, 1.54) is 12.4 Å². The van der Waals surface area contributed by atoms with Gasteiger partial charge in [0.15, 0.2) is 23.5 Å². The molecule has 4 unspecified atom stereocenters. The highest BCUT2D eigenvalue weighted by Gasteiger charge is 2.56. The minimum atomic E-state index is -0.758. The summed E-state index contributed by atoms with van der Waals surface area (Å²) in [4.78, 5) is 27.2. The van der Waals surface area contributed by atoms with E-state index in [-0.39, 0.29) is 35.6 Å². The smallest absolute Gasteiger partial charge is 0.319 e. The lowest BCUT2D eigenvalue weighted by molar-refractivity contribution is -0.197. The van der Waals surface area contributed by atoms with Gasteiger partial charge < -0.3 is 35.5 Å². The maximum absolute atomic E-state index is 14.5. The monoisotopic (exact) mass is 570 g/mol. The number of fused-ring (bicyclic) bond motifs is 2. The van der Waals surface area contributed by atoms with E-state index in [1.807, 2.05) is 46.2 Å². The summed E-state index contributed by atoms with van der Waals surface area (Å²) in [7, 11) is 1.99. The third kappa shape index (κ3) is 6.27. The van der Waals surface area contributed by atoms with Gasteiger partial charge in [-0.2, -0.15) is 0 Å². The Hall–Kier alpha value is -3.39. The van der Waals surface area contributed by atoms with E-state index in [0.717, 1.165) is 0 Å². The Bertz CT molecular complexity index is 1410. The van der Waals surface area contributed by atoms with Gasteiger partial charge in [0, 0.05) is 18.8 Å². The van der Waals surface area contributed by atoms with Gasteiger partial charge in [0.1, 0.15) is 36.0 Å². The molecule has 2 saturated heterocycles. The molecule has 0 spiro atoms. The molecule has 0 saturated carbocycles. The highest BCUT2D eigenvalue weighted by atomic mass is 19.1. The van der Waals surface area contributed by atoms with Gasteiger partial charge in [0.05, 0.1) is 6.33 Å². The first-order valence-corrected chi connectivity index (χ1v) is 13.8. The number of halogens is 1. The fourth-order valence-corrected chi connectivity index (χ4v) is 5.41. The number of carbonyl (C=O) groups excluding carboxylic acids is 1. The van der Waals surface area contributed by atoms with Gasteiger partial charge >= 0.3 is 6.03 Å². The Morgan fingerprint density at radius 2 is 1.95 bits per heavy atom. The molecule has 1 aromatic carbocycles. The highest BCUT2D eigenvalue weighted by molar-refractivity contribution is 5.89. The van der Waals surface area contributed by atoms with Crippen LogP contribution in [0.3, 0.4) is 0 Å².